The molecular formula is C15H13BrN2O3. The largest absolute Gasteiger partial charge is 0.322 e. The van der Waals surface area contributed by atoms with Crippen molar-refractivity contribution < 1.29 is 9.72 Å². The molecule has 1 amide bonds. The molecule has 1 N–H and O–H groups in total. The van der Waals surface area contributed by atoms with E-state index in [9.17, 15) is 14.9 Å². The molecule has 108 valence electrons. The molecule has 0 radical (unpaired) electrons. The normalized spacial score (nSPS) is 10.2. The average Bonchev–Trinajstić information content (AvgIpc) is 2.37. The molecule has 2 aromatic carbocycles. The van der Waals surface area contributed by atoms with E-state index < -0.39 is 4.92 Å². The first kappa shape index (κ1) is 15.2. The van der Waals surface area contributed by atoms with Crippen molar-refractivity contribution in [3.63, 3.8) is 0 Å². The zero-order chi connectivity index (χ0) is 15.6. The second-order valence-corrected chi connectivity index (χ2v) is 5.59. The van der Waals surface area contributed by atoms with Crippen molar-refractivity contribution in [2.45, 2.75) is 13.8 Å². The number of nitrogens with one attached hydrogen (secondary N) is 1. The van der Waals surface area contributed by atoms with Crippen LogP contribution in [0.5, 0.6) is 0 Å². The van der Waals surface area contributed by atoms with Crippen LogP contribution in [0.2, 0.25) is 0 Å². The minimum absolute atomic E-state index is 0.0620. The summed E-state index contributed by atoms with van der Waals surface area (Å²) < 4.78 is 0.855. The minimum atomic E-state index is -0.491. The molecule has 0 bridgehead atoms. The number of carbonyl (C=O) groups excluding carboxylic acids is 1. The van der Waals surface area contributed by atoms with Gasteiger partial charge in [0.15, 0.2) is 0 Å². The molecule has 0 fully saturated rings. The fourth-order valence-corrected chi connectivity index (χ4v) is 2.68. The molecule has 6 heteroatoms. The van der Waals surface area contributed by atoms with Crippen LogP contribution in [0.25, 0.3) is 0 Å². The minimum Gasteiger partial charge on any atom is -0.322 e. The highest BCUT2D eigenvalue weighted by atomic mass is 79.9. The molecule has 0 saturated carbocycles. The number of amides is 1. The standard InChI is InChI=1S/C15H13BrN2O3/c1-9-6-11(16)8-12(7-9)17-15(19)13-4-3-5-14(10(13)2)18(20)21/h3-8H,1-2H3,(H,17,19). The van der Waals surface area contributed by atoms with Gasteiger partial charge in [0.25, 0.3) is 11.6 Å². The van der Waals surface area contributed by atoms with E-state index in [1.807, 2.05) is 19.1 Å². The van der Waals surface area contributed by atoms with Gasteiger partial charge in [0, 0.05) is 27.4 Å². The van der Waals surface area contributed by atoms with Gasteiger partial charge < -0.3 is 5.32 Å². The quantitative estimate of drug-likeness (QED) is 0.666. The predicted octanol–water partition coefficient (Wildman–Crippen LogP) is 4.23. The van der Waals surface area contributed by atoms with Crippen molar-refractivity contribution in [1.82, 2.24) is 0 Å². The molecule has 0 atom stereocenters. The Balaban J connectivity index is 2.33. The number of anilines is 1. The lowest BCUT2D eigenvalue weighted by Crippen LogP contribution is -2.14. The zero-order valence-electron chi connectivity index (χ0n) is 11.5. The Bertz CT molecular complexity index is 709. The van der Waals surface area contributed by atoms with Gasteiger partial charge in [-0.05, 0) is 43.7 Å². The topological polar surface area (TPSA) is 72.2 Å². The van der Waals surface area contributed by atoms with E-state index in [1.54, 1.807) is 19.1 Å². The Kier molecular flexibility index (Phi) is 4.37. The van der Waals surface area contributed by atoms with Gasteiger partial charge in [-0.1, -0.05) is 22.0 Å². The van der Waals surface area contributed by atoms with E-state index >= 15 is 0 Å². The Morgan fingerprint density at radius 2 is 1.95 bits per heavy atom. The van der Waals surface area contributed by atoms with Crippen LogP contribution in [-0.2, 0) is 0 Å². The number of benzene rings is 2. The fraction of sp³-hybridized carbons (Fsp3) is 0.133. The first-order valence-electron chi connectivity index (χ1n) is 6.21. The maximum absolute atomic E-state index is 12.3. The molecule has 0 saturated heterocycles. The highest BCUT2D eigenvalue weighted by Gasteiger charge is 2.18. The molecule has 2 aromatic rings. The first-order chi connectivity index (χ1) is 9.88. The van der Waals surface area contributed by atoms with E-state index in [-0.39, 0.29) is 11.6 Å². The van der Waals surface area contributed by atoms with Gasteiger partial charge in [-0.2, -0.15) is 0 Å². The first-order valence-corrected chi connectivity index (χ1v) is 7.00. The number of hydrogen-bond donors (Lipinski definition) is 1. The fourth-order valence-electron chi connectivity index (χ4n) is 2.07. The number of aryl methyl sites for hydroxylation is 1. The van der Waals surface area contributed by atoms with Crippen molar-refractivity contribution in [1.29, 1.82) is 0 Å². The van der Waals surface area contributed by atoms with Crippen LogP contribution in [-0.4, -0.2) is 10.8 Å². The number of halogens is 1. The van der Waals surface area contributed by atoms with Crippen molar-refractivity contribution in [3.8, 4) is 0 Å². The smallest absolute Gasteiger partial charge is 0.273 e. The molecular weight excluding hydrogens is 336 g/mol. The second kappa shape index (κ2) is 6.05. The summed E-state index contributed by atoms with van der Waals surface area (Å²) in [5.41, 5.74) is 2.22. The van der Waals surface area contributed by atoms with Gasteiger partial charge in [0.05, 0.1) is 4.92 Å². The van der Waals surface area contributed by atoms with Crippen LogP contribution in [0.3, 0.4) is 0 Å². The maximum atomic E-state index is 12.3. The molecule has 21 heavy (non-hydrogen) atoms. The van der Waals surface area contributed by atoms with Crippen molar-refractivity contribution in [2.24, 2.45) is 0 Å². The van der Waals surface area contributed by atoms with Crippen molar-refractivity contribution in [2.75, 3.05) is 5.32 Å². The summed E-state index contributed by atoms with van der Waals surface area (Å²) in [5.74, 6) is -0.367. The lowest BCUT2D eigenvalue weighted by atomic mass is 10.1. The Hall–Kier alpha value is -2.21. The number of hydrogen-bond acceptors (Lipinski definition) is 3. The number of rotatable bonds is 3. The van der Waals surface area contributed by atoms with E-state index in [1.165, 1.54) is 12.1 Å². The Labute approximate surface area is 130 Å². The van der Waals surface area contributed by atoms with Crippen molar-refractivity contribution >= 4 is 33.2 Å². The van der Waals surface area contributed by atoms with E-state index in [0.717, 1.165) is 10.0 Å². The highest BCUT2D eigenvalue weighted by molar-refractivity contribution is 9.10. The molecule has 0 aromatic heterocycles. The molecule has 2 rings (SSSR count). The lowest BCUT2D eigenvalue weighted by Gasteiger charge is -2.09. The number of carbonyl (C=O) groups is 1. The van der Waals surface area contributed by atoms with Crippen LogP contribution in [0.4, 0.5) is 11.4 Å². The van der Waals surface area contributed by atoms with Gasteiger partial charge in [-0.25, -0.2) is 0 Å². The van der Waals surface area contributed by atoms with Gasteiger partial charge in [0.2, 0.25) is 0 Å². The third-order valence-electron chi connectivity index (χ3n) is 3.05. The maximum Gasteiger partial charge on any atom is 0.273 e. The van der Waals surface area contributed by atoms with Gasteiger partial charge in [-0.15, -0.1) is 0 Å². The van der Waals surface area contributed by atoms with E-state index in [0.29, 0.717) is 16.8 Å². The molecule has 0 unspecified atom stereocenters. The third-order valence-corrected chi connectivity index (χ3v) is 3.50. The molecule has 0 aliphatic carbocycles. The van der Waals surface area contributed by atoms with Gasteiger partial charge in [-0.3, -0.25) is 14.9 Å². The molecule has 5 nitrogen and oxygen atoms in total. The monoisotopic (exact) mass is 348 g/mol. The number of nitrogens with zero attached hydrogens (tertiary/aromatic N) is 1. The zero-order valence-corrected chi connectivity index (χ0v) is 13.1. The molecule has 0 heterocycles. The molecule has 0 spiro atoms. The summed E-state index contributed by atoms with van der Waals surface area (Å²) in [4.78, 5) is 22.7. The van der Waals surface area contributed by atoms with Crippen LogP contribution < -0.4 is 5.32 Å². The predicted molar refractivity (Wildman–Crippen MR) is 84.7 cm³/mol. The number of nitro benzene ring substituents is 1. The lowest BCUT2D eigenvalue weighted by molar-refractivity contribution is -0.385. The second-order valence-electron chi connectivity index (χ2n) is 4.68. The summed E-state index contributed by atoms with van der Waals surface area (Å²) in [6, 6.07) is 9.99. The van der Waals surface area contributed by atoms with Crippen molar-refractivity contribution in [3.05, 3.63) is 67.7 Å². The third kappa shape index (κ3) is 3.46. The molecule has 0 aliphatic heterocycles. The van der Waals surface area contributed by atoms with Crippen LogP contribution in [0, 0.1) is 24.0 Å². The average molecular weight is 349 g/mol. The summed E-state index contributed by atoms with van der Waals surface area (Å²) in [7, 11) is 0. The summed E-state index contributed by atoms with van der Waals surface area (Å²) in [6.45, 7) is 3.48. The highest BCUT2D eigenvalue weighted by Crippen LogP contribution is 2.23. The summed E-state index contributed by atoms with van der Waals surface area (Å²) in [6.07, 6.45) is 0. The summed E-state index contributed by atoms with van der Waals surface area (Å²) in [5, 5.41) is 13.7. The van der Waals surface area contributed by atoms with E-state index in [4.69, 9.17) is 0 Å². The van der Waals surface area contributed by atoms with Gasteiger partial charge in [0.1, 0.15) is 0 Å². The Morgan fingerprint density at radius 1 is 1.24 bits per heavy atom. The summed E-state index contributed by atoms with van der Waals surface area (Å²) >= 11 is 3.36. The SMILES string of the molecule is Cc1cc(Br)cc(NC(=O)c2cccc([N+](=O)[O-])c2C)c1. The van der Waals surface area contributed by atoms with Crippen LogP contribution in [0.1, 0.15) is 21.5 Å². The van der Waals surface area contributed by atoms with Gasteiger partial charge >= 0.3 is 0 Å². The number of nitro groups is 1. The van der Waals surface area contributed by atoms with E-state index in [2.05, 4.69) is 21.2 Å². The Morgan fingerprint density at radius 3 is 2.57 bits per heavy atom. The molecule has 0 aliphatic rings. The van der Waals surface area contributed by atoms with Crippen LogP contribution in [0.15, 0.2) is 40.9 Å². The van der Waals surface area contributed by atoms with Crippen LogP contribution >= 0.6 is 15.9 Å².